The Morgan fingerprint density at radius 1 is 1.25 bits per heavy atom. The molecule has 0 radical (unpaired) electrons. The van der Waals surface area contributed by atoms with Crippen molar-refractivity contribution in [1.29, 1.82) is 0 Å². The number of hydrogen-bond donors (Lipinski definition) is 1. The molecule has 4 rings (SSSR count). The second kappa shape index (κ2) is 5.69. The number of amides is 1. The molecule has 7 heteroatoms. The maximum atomic E-state index is 12.2. The number of nitrogens with one attached hydrogen (secondary N) is 1. The Bertz CT molecular complexity index is 1020. The molecule has 0 aliphatic carbocycles. The second-order valence-electron chi connectivity index (χ2n) is 5.29. The smallest absolute Gasteiger partial charge is 0.246 e. The van der Waals surface area contributed by atoms with Crippen molar-refractivity contribution in [3.05, 3.63) is 49.1 Å². The van der Waals surface area contributed by atoms with Crippen LogP contribution in [-0.4, -0.2) is 27.8 Å². The first-order valence-corrected chi connectivity index (χ1v) is 7.36. The highest BCUT2D eigenvalue weighted by molar-refractivity contribution is 6.07. The van der Waals surface area contributed by atoms with Gasteiger partial charge in [0.05, 0.1) is 12.8 Å². The van der Waals surface area contributed by atoms with Gasteiger partial charge in [0, 0.05) is 16.8 Å². The number of methoxy groups -OCH3 is 1. The molecule has 0 aliphatic heterocycles. The van der Waals surface area contributed by atoms with Crippen LogP contribution in [-0.2, 0) is 11.3 Å². The fourth-order valence-corrected chi connectivity index (χ4v) is 2.67. The predicted octanol–water partition coefficient (Wildman–Crippen LogP) is 2.82. The van der Waals surface area contributed by atoms with Crippen molar-refractivity contribution in [3.8, 4) is 5.75 Å². The summed E-state index contributed by atoms with van der Waals surface area (Å²) in [5.74, 6) is 0.343. The fourth-order valence-electron chi connectivity index (χ4n) is 2.67. The summed E-state index contributed by atoms with van der Waals surface area (Å²) in [6.45, 7) is 0.0708. The molecule has 120 valence electrons. The number of carbonyl (C=O) groups excluding carboxylic acids is 1. The molecular weight excluding hydrogens is 308 g/mol. The van der Waals surface area contributed by atoms with E-state index < -0.39 is 0 Å². The van der Waals surface area contributed by atoms with Crippen molar-refractivity contribution in [2.45, 2.75) is 6.54 Å². The summed E-state index contributed by atoms with van der Waals surface area (Å²) in [4.78, 5) is 16.0. The predicted molar refractivity (Wildman–Crippen MR) is 88.9 cm³/mol. The molecule has 0 spiro atoms. The van der Waals surface area contributed by atoms with Crippen molar-refractivity contribution in [2.75, 3.05) is 12.4 Å². The quantitative estimate of drug-likeness (QED) is 0.625. The molecular formula is C17H14N4O3. The van der Waals surface area contributed by atoms with Gasteiger partial charge in [-0.2, -0.15) is 5.10 Å². The monoisotopic (exact) mass is 322 g/mol. The summed E-state index contributed by atoms with van der Waals surface area (Å²) in [5.41, 5.74) is 2.03. The van der Waals surface area contributed by atoms with Crippen LogP contribution >= 0.6 is 0 Å². The Kier molecular flexibility index (Phi) is 3.38. The molecule has 0 saturated heterocycles. The van der Waals surface area contributed by atoms with Gasteiger partial charge in [0.2, 0.25) is 5.91 Å². The number of furan rings is 1. The Labute approximate surface area is 136 Å². The van der Waals surface area contributed by atoms with Crippen molar-refractivity contribution in [3.63, 3.8) is 0 Å². The van der Waals surface area contributed by atoms with E-state index in [1.165, 1.54) is 17.3 Å². The highest BCUT2D eigenvalue weighted by atomic mass is 16.5. The van der Waals surface area contributed by atoms with E-state index in [1.807, 2.05) is 30.3 Å². The standard InChI is InChI=1S/C17H14N4O3/c1-23-16-6-12-11-4-2-3-5-14(11)24-15(12)7-13(16)20-17(22)8-21-10-18-9-19-21/h2-7,9-10H,8H2,1H3,(H,20,22). The van der Waals surface area contributed by atoms with E-state index in [9.17, 15) is 4.79 Å². The Morgan fingerprint density at radius 3 is 2.92 bits per heavy atom. The third-order valence-corrected chi connectivity index (χ3v) is 3.75. The van der Waals surface area contributed by atoms with Crippen molar-refractivity contribution < 1.29 is 13.9 Å². The van der Waals surface area contributed by atoms with Gasteiger partial charge < -0.3 is 14.5 Å². The van der Waals surface area contributed by atoms with E-state index in [0.717, 1.165) is 16.4 Å². The first kappa shape index (κ1) is 14.3. The third-order valence-electron chi connectivity index (χ3n) is 3.75. The lowest BCUT2D eigenvalue weighted by atomic mass is 10.1. The van der Waals surface area contributed by atoms with Crippen LogP contribution in [0.1, 0.15) is 0 Å². The summed E-state index contributed by atoms with van der Waals surface area (Å²) >= 11 is 0. The molecule has 0 saturated carbocycles. The van der Waals surface area contributed by atoms with Crippen LogP contribution in [0.3, 0.4) is 0 Å². The molecule has 2 aromatic carbocycles. The van der Waals surface area contributed by atoms with E-state index in [1.54, 1.807) is 13.2 Å². The van der Waals surface area contributed by atoms with Crippen molar-refractivity contribution >= 4 is 33.5 Å². The van der Waals surface area contributed by atoms with Gasteiger partial charge in [0.25, 0.3) is 0 Å². The largest absolute Gasteiger partial charge is 0.495 e. The van der Waals surface area contributed by atoms with Crippen LogP contribution in [0.4, 0.5) is 5.69 Å². The first-order chi connectivity index (χ1) is 11.7. The molecule has 7 nitrogen and oxygen atoms in total. The average Bonchev–Trinajstić information content (AvgIpc) is 3.20. The van der Waals surface area contributed by atoms with Crippen LogP contribution in [0, 0.1) is 0 Å². The number of nitrogens with zero attached hydrogens (tertiary/aromatic N) is 3. The van der Waals surface area contributed by atoms with Gasteiger partial charge in [0.1, 0.15) is 36.1 Å². The molecule has 0 aliphatic rings. The summed E-state index contributed by atoms with van der Waals surface area (Å²) in [6, 6.07) is 11.4. The van der Waals surface area contributed by atoms with Crippen LogP contribution in [0.15, 0.2) is 53.5 Å². The number of hydrogen-bond acceptors (Lipinski definition) is 5. The molecule has 2 aromatic heterocycles. The highest BCUT2D eigenvalue weighted by Gasteiger charge is 2.14. The van der Waals surface area contributed by atoms with Crippen molar-refractivity contribution in [1.82, 2.24) is 14.8 Å². The molecule has 0 unspecified atom stereocenters. The van der Waals surface area contributed by atoms with Gasteiger partial charge in [-0.1, -0.05) is 18.2 Å². The van der Waals surface area contributed by atoms with E-state index in [0.29, 0.717) is 17.0 Å². The minimum atomic E-state index is -0.228. The maximum Gasteiger partial charge on any atom is 0.246 e. The number of aromatic nitrogens is 3. The Morgan fingerprint density at radius 2 is 2.12 bits per heavy atom. The van der Waals surface area contributed by atoms with Crippen molar-refractivity contribution in [2.24, 2.45) is 0 Å². The summed E-state index contributed by atoms with van der Waals surface area (Å²) < 4.78 is 12.7. The zero-order valence-corrected chi connectivity index (χ0v) is 12.9. The Balaban J connectivity index is 1.71. The number of carbonyl (C=O) groups is 1. The zero-order chi connectivity index (χ0) is 16.5. The number of ether oxygens (including phenoxy) is 1. The molecule has 1 N–H and O–H groups in total. The highest BCUT2D eigenvalue weighted by Crippen LogP contribution is 2.36. The van der Waals surface area contributed by atoms with Gasteiger partial charge in [-0.15, -0.1) is 0 Å². The lowest BCUT2D eigenvalue weighted by Gasteiger charge is -2.10. The molecule has 4 aromatic rings. The maximum absolute atomic E-state index is 12.2. The summed E-state index contributed by atoms with van der Waals surface area (Å²) in [5, 5.41) is 8.69. The minimum Gasteiger partial charge on any atom is -0.495 e. The molecule has 0 bridgehead atoms. The van der Waals surface area contributed by atoms with E-state index in [2.05, 4.69) is 15.4 Å². The number of benzene rings is 2. The van der Waals surface area contributed by atoms with E-state index >= 15 is 0 Å². The van der Waals surface area contributed by atoms with Crippen LogP contribution in [0.2, 0.25) is 0 Å². The van der Waals surface area contributed by atoms with Crippen LogP contribution in [0.5, 0.6) is 5.75 Å². The van der Waals surface area contributed by atoms with Gasteiger partial charge in [-0.25, -0.2) is 9.67 Å². The lowest BCUT2D eigenvalue weighted by molar-refractivity contribution is -0.116. The van der Waals surface area contributed by atoms with Crippen LogP contribution in [0.25, 0.3) is 21.9 Å². The topological polar surface area (TPSA) is 82.2 Å². The number of para-hydroxylation sites is 1. The number of anilines is 1. The van der Waals surface area contributed by atoms with Gasteiger partial charge in [-0.05, 0) is 12.1 Å². The summed E-state index contributed by atoms with van der Waals surface area (Å²) in [7, 11) is 1.57. The van der Waals surface area contributed by atoms with Gasteiger partial charge >= 0.3 is 0 Å². The first-order valence-electron chi connectivity index (χ1n) is 7.36. The Hall–Kier alpha value is -3.35. The molecule has 0 atom stereocenters. The number of rotatable bonds is 4. The van der Waals surface area contributed by atoms with E-state index in [4.69, 9.17) is 9.15 Å². The fraction of sp³-hybridized carbons (Fsp3) is 0.118. The molecule has 2 heterocycles. The third kappa shape index (κ3) is 2.45. The number of fused-ring (bicyclic) bond motifs is 3. The van der Waals surface area contributed by atoms with E-state index in [-0.39, 0.29) is 12.5 Å². The minimum absolute atomic E-state index is 0.0708. The van der Waals surface area contributed by atoms with Gasteiger partial charge in [-0.3, -0.25) is 4.79 Å². The molecule has 0 fully saturated rings. The second-order valence-corrected chi connectivity index (χ2v) is 5.29. The molecule has 1 amide bonds. The molecule has 24 heavy (non-hydrogen) atoms. The normalized spacial score (nSPS) is 11.0. The lowest BCUT2D eigenvalue weighted by Crippen LogP contribution is -2.19. The zero-order valence-electron chi connectivity index (χ0n) is 12.9. The average molecular weight is 322 g/mol. The summed E-state index contributed by atoms with van der Waals surface area (Å²) in [6.07, 6.45) is 2.87. The van der Waals surface area contributed by atoms with Crippen LogP contribution < -0.4 is 10.1 Å². The SMILES string of the molecule is COc1cc2c(cc1NC(=O)Cn1cncn1)oc1ccccc12. The van der Waals surface area contributed by atoms with Gasteiger partial charge in [0.15, 0.2) is 0 Å².